The molecule has 3 aromatic carbocycles. The number of primary amides is 1. The number of nitrogens with one attached hydrogen (secondary N) is 2. The molecular formula is C28H26Cl2N4O7. The van der Waals surface area contributed by atoms with Crippen LogP contribution < -0.4 is 21.3 Å². The third kappa shape index (κ3) is 7.33. The van der Waals surface area contributed by atoms with Gasteiger partial charge in [0, 0.05) is 31.8 Å². The standard InChI is InChI=1S/C28H26Cl2N4O7/c1-34(2)16-9-10-17(19(13-16)26(37)38)14-7-8-15(18(11-14)24(35)33-28(31)40)12-22(27(39)41-3)32-25(36)23-20(29)5-4-6-21(23)30/h4-11,13,22H,12H2,1-3H3,(H,32,36)(H,37,38)(H3,31,33,35,40). The van der Waals surface area contributed by atoms with Gasteiger partial charge in [-0.3, -0.25) is 14.9 Å². The van der Waals surface area contributed by atoms with Crippen molar-refractivity contribution in [3.05, 3.63) is 86.9 Å². The highest BCUT2D eigenvalue weighted by atomic mass is 35.5. The molecule has 0 radical (unpaired) electrons. The summed E-state index contributed by atoms with van der Waals surface area (Å²) in [6.45, 7) is 0. The minimum Gasteiger partial charge on any atom is -0.478 e. The van der Waals surface area contributed by atoms with Crippen molar-refractivity contribution in [2.24, 2.45) is 5.73 Å². The molecule has 0 aromatic heterocycles. The second-order valence-electron chi connectivity index (χ2n) is 8.97. The molecule has 4 amide bonds. The Balaban J connectivity index is 2.08. The lowest BCUT2D eigenvalue weighted by Gasteiger charge is -2.20. The third-order valence-electron chi connectivity index (χ3n) is 6.06. The SMILES string of the molecule is COC(=O)C(Cc1ccc(-c2ccc(N(C)C)cc2C(=O)O)cc1C(=O)NC(N)=O)NC(=O)c1c(Cl)cccc1Cl. The molecule has 41 heavy (non-hydrogen) atoms. The van der Waals surface area contributed by atoms with E-state index < -0.39 is 35.8 Å². The minimum atomic E-state index is -1.31. The number of nitrogens with zero attached hydrogens (tertiary/aromatic N) is 1. The van der Waals surface area contributed by atoms with Crippen LogP contribution in [-0.2, 0) is 16.0 Å². The average Bonchev–Trinajstić information content (AvgIpc) is 2.91. The molecule has 0 aliphatic rings. The van der Waals surface area contributed by atoms with Gasteiger partial charge in [0.05, 0.1) is 28.3 Å². The zero-order valence-corrected chi connectivity index (χ0v) is 23.7. The summed E-state index contributed by atoms with van der Waals surface area (Å²) in [6.07, 6.45) is -0.256. The van der Waals surface area contributed by atoms with E-state index in [9.17, 15) is 29.1 Å². The number of ether oxygens (including phenoxy) is 1. The van der Waals surface area contributed by atoms with Crippen molar-refractivity contribution in [2.75, 3.05) is 26.1 Å². The summed E-state index contributed by atoms with van der Waals surface area (Å²) >= 11 is 12.3. The topological polar surface area (TPSA) is 168 Å². The fourth-order valence-corrected chi connectivity index (χ4v) is 4.62. The van der Waals surface area contributed by atoms with Gasteiger partial charge >= 0.3 is 18.0 Å². The van der Waals surface area contributed by atoms with Crippen molar-refractivity contribution in [3.63, 3.8) is 0 Å². The zero-order valence-electron chi connectivity index (χ0n) is 22.2. The van der Waals surface area contributed by atoms with Crippen LogP contribution in [-0.4, -0.2) is 62.1 Å². The Bertz CT molecular complexity index is 1520. The molecule has 0 saturated carbocycles. The Morgan fingerprint density at radius 3 is 2.17 bits per heavy atom. The number of carboxylic acid groups (broad SMARTS) is 1. The molecule has 0 fully saturated rings. The van der Waals surface area contributed by atoms with Gasteiger partial charge in [0.2, 0.25) is 0 Å². The molecule has 5 N–H and O–H groups in total. The number of anilines is 1. The first-order valence-electron chi connectivity index (χ1n) is 12.0. The van der Waals surface area contributed by atoms with Crippen molar-refractivity contribution in [1.82, 2.24) is 10.6 Å². The summed E-state index contributed by atoms with van der Waals surface area (Å²) in [5.41, 5.74) is 6.48. The molecule has 3 aromatic rings. The van der Waals surface area contributed by atoms with E-state index in [1.165, 1.54) is 30.3 Å². The molecule has 214 valence electrons. The van der Waals surface area contributed by atoms with Crippen molar-refractivity contribution in [3.8, 4) is 11.1 Å². The summed E-state index contributed by atoms with van der Waals surface area (Å²) in [6, 6.07) is 11.2. The normalized spacial score (nSPS) is 11.2. The highest BCUT2D eigenvalue weighted by Gasteiger charge is 2.27. The number of halogens is 2. The van der Waals surface area contributed by atoms with Gasteiger partial charge in [-0.05, 0) is 47.0 Å². The lowest BCUT2D eigenvalue weighted by Crippen LogP contribution is -2.43. The summed E-state index contributed by atoms with van der Waals surface area (Å²) in [5.74, 6) is -3.69. The molecule has 0 saturated heterocycles. The summed E-state index contributed by atoms with van der Waals surface area (Å²) < 4.78 is 4.85. The van der Waals surface area contributed by atoms with Gasteiger partial charge in [-0.2, -0.15) is 0 Å². The number of methoxy groups -OCH3 is 1. The van der Waals surface area contributed by atoms with E-state index in [0.717, 1.165) is 7.11 Å². The van der Waals surface area contributed by atoms with Crippen molar-refractivity contribution < 1.29 is 33.8 Å². The Morgan fingerprint density at radius 2 is 1.61 bits per heavy atom. The van der Waals surface area contributed by atoms with Gasteiger partial charge in [-0.15, -0.1) is 0 Å². The first kappa shape index (κ1) is 30.9. The van der Waals surface area contributed by atoms with Gasteiger partial charge in [0.1, 0.15) is 6.04 Å². The molecule has 1 unspecified atom stereocenters. The highest BCUT2D eigenvalue weighted by molar-refractivity contribution is 6.39. The van der Waals surface area contributed by atoms with Crippen LogP contribution in [0.25, 0.3) is 11.1 Å². The number of benzene rings is 3. The molecular weight excluding hydrogens is 575 g/mol. The van der Waals surface area contributed by atoms with E-state index in [-0.39, 0.29) is 38.7 Å². The second-order valence-corrected chi connectivity index (χ2v) is 9.78. The Hall–Kier alpha value is -4.61. The van der Waals surface area contributed by atoms with Crippen molar-refractivity contribution >= 4 is 58.7 Å². The Kier molecular flexibility index (Phi) is 9.93. The number of esters is 1. The Labute approximate surface area is 245 Å². The number of hydrogen-bond acceptors (Lipinski definition) is 7. The van der Waals surface area contributed by atoms with E-state index >= 15 is 0 Å². The third-order valence-corrected chi connectivity index (χ3v) is 6.69. The van der Waals surface area contributed by atoms with Gasteiger partial charge in [-0.25, -0.2) is 14.4 Å². The molecule has 11 nitrogen and oxygen atoms in total. The maximum atomic E-state index is 13.0. The quantitative estimate of drug-likeness (QED) is 0.269. The molecule has 0 bridgehead atoms. The van der Waals surface area contributed by atoms with Crippen LogP contribution in [0.3, 0.4) is 0 Å². The van der Waals surface area contributed by atoms with E-state index in [1.807, 2.05) is 5.32 Å². The predicted molar refractivity (Wildman–Crippen MR) is 154 cm³/mol. The average molecular weight is 601 g/mol. The van der Waals surface area contributed by atoms with Crippen LogP contribution in [0, 0.1) is 0 Å². The number of rotatable bonds is 9. The second kappa shape index (κ2) is 13.2. The van der Waals surface area contributed by atoms with E-state index in [2.05, 4.69) is 5.32 Å². The number of nitrogens with two attached hydrogens (primary N) is 1. The zero-order chi connectivity index (χ0) is 30.4. The fraction of sp³-hybridized carbons (Fsp3) is 0.179. The summed E-state index contributed by atoms with van der Waals surface area (Å²) in [7, 11) is 4.65. The first-order valence-corrected chi connectivity index (χ1v) is 12.7. The summed E-state index contributed by atoms with van der Waals surface area (Å²) in [5, 5.41) is 14.4. The fourth-order valence-electron chi connectivity index (χ4n) is 4.05. The van der Waals surface area contributed by atoms with Gasteiger partial charge < -0.3 is 25.8 Å². The lowest BCUT2D eigenvalue weighted by atomic mass is 9.92. The van der Waals surface area contributed by atoms with Crippen molar-refractivity contribution in [2.45, 2.75) is 12.5 Å². The summed E-state index contributed by atoms with van der Waals surface area (Å²) in [4.78, 5) is 63.9. The first-order chi connectivity index (χ1) is 19.3. The number of aromatic carboxylic acids is 1. The van der Waals surface area contributed by atoms with E-state index in [4.69, 9.17) is 33.7 Å². The molecule has 1 atom stereocenters. The van der Waals surface area contributed by atoms with Gasteiger partial charge in [-0.1, -0.05) is 47.5 Å². The molecule has 13 heteroatoms. The number of carbonyl (C=O) groups is 5. The molecule has 0 spiro atoms. The van der Waals surface area contributed by atoms with E-state index in [1.54, 1.807) is 43.3 Å². The molecule has 3 rings (SSSR count). The highest BCUT2D eigenvalue weighted by Crippen LogP contribution is 2.30. The van der Waals surface area contributed by atoms with Crippen LogP contribution in [0.15, 0.2) is 54.6 Å². The predicted octanol–water partition coefficient (Wildman–Crippen LogP) is 3.75. The molecule has 0 heterocycles. The number of imide groups is 1. The van der Waals surface area contributed by atoms with Crippen LogP contribution in [0.5, 0.6) is 0 Å². The number of urea groups is 1. The maximum absolute atomic E-state index is 13.0. The number of amides is 4. The van der Waals surface area contributed by atoms with Gasteiger partial charge in [0.25, 0.3) is 11.8 Å². The lowest BCUT2D eigenvalue weighted by molar-refractivity contribution is -0.142. The molecule has 0 aliphatic carbocycles. The number of carboxylic acids is 1. The maximum Gasteiger partial charge on any atom is 0.336 e. The largest absolute Gasteiger partial charge is 0.478 e. The Morgan fingerprint density at radius 1 is 0.951 bits per heavy atom. The van der Waals surface area contributed by atoms with Crippen molar-refractivity contribution in [1.29, 1.82) is 0 Å². The monoisotopic (exact) mass is 600 g/mol. The number of hydrogen-bond donors (Lipinski definition) is 4. The van der Waals surface area contributed by atoms with E-state index in [0.29, 0.717) is 16.8 Å². The minimum absolute atomic E-state index is 0.0264. The molecule has 0 aliphatic heterocycles. The van der Waals surface area contributed by atoms with Crippen LogP contribution in [0.4, 0.5) is 10.5 Å². The number of carbonyl (C=O) groups excluding carboxylic acids is 4. The van der Waals surface area contributed by atoms with Crippen LogP contribution in [0.2, 0.25) is 10.0 Å². The van der Waals surface area contributed by atoms with Crippen LogP contribution >= 0.6 is 23.2 Å². The van der Waals surface area contributed by atoms with Crippen LogP contribution in [0.1, 0.15) is 36.6 Å². The smallest absolute Gasteiger partial charge is 0.336 e. The van der Waals surface area contributed by atoms with Gasteiger partial charge in [0.15, 0.2) is 0 Å².